The maximum absolute atomic E-state index is 12.7. The van der Waals surface area contributed by atoms with Gasteiger partial charge >= 0.3 is 0 Å². The number of hydrogen-bond acceptors (Lipinski definition) is 4. The highest BCUT2D eigenvalue weighted by Gasteiger charge is 2.25. The molecule has 0 spiro atoms. The van der Waals surface area contributed by atoms with Crippen LogP contribution in [-0.4, -0.2) is 75.8 Å². The van der Waals surface area contributed by atoms with Gasteiger partial charge in [0.2, 0.25) is 10.0 Å². The Hall–Kier alpha value is -1.44. The van der Waals surface area contributed by atoms with Crippen molar-refractivity contribution < 1.29 is 13.2 Å². The van der Waals surface area contributed by atoms with Crippen LogP contribution >= 0.6 is 0 Å². The first-order valence-electron chi connectivity index (χ1n) is 7.66. The van der Waals surface area contributed by atoms with E-state index in [1.54, 1.807) is 17.9 Å². The van der Waals surface area contributed by atoms with Gasteiger partial charge < -0.3 is 9.80 Å². The third-order valence-electron chi connectivity index (χ3n) is 4.42. The van der Waals surface area contributed by atoms with Crippen LogP contribution in [0.1, 0.15) is 21.5 Å². The number of hydrogen-bond donors (Lipinski definition) is 0. The summed E-state index contributed by atoms with van der Waals surface area (Å²) in [6, 6.07) is 3.29. The van der Waals surface area contributed by atoms with Crippen LogP contribution in [0.2, 0.25) is 0 Å². The summed E-state index contributed by atoms with van der Waals surface area (Å²) in [5.74, 6) is -0.101. The molecule has 0 unspecified atom stereocenters. The molecule has 1 amide bonds. The summed E-state index contributed by atoms with van der Waals surface area (Å²) < 4.78 is 26.2. The summed E-state index contributed by atoms with van der Waals surface area (Å²) in [5.41, 5.74) is 1.94. The molecule has 0 aliphatic carbocycles. The summed E-state index contributed by atoms with van der Waals surface area (Å²) in [7, 11) is 1.45. The Balaban J connectivity index is 2.41. The molecule has 1 heterocycles. The second kappa shape index (κ2) is 6.59. The van der Waals surface area contributed by atoms with Crippen molar-refractivity contribution in [1.29, 1.82) is 0 Å². The van der Waals surface area contributed by atoms with E-state index in [-0.39, 0.29) is 10.8 Å². The molecule has 1 aromatic rings. The molecule has 2 rings (SSSR count). The number of rotatable bonds is 3. The van der Waals surface area contributed by atoms with Gasteiger partial charge in [0.05, 0.1) is 4.90 Å². The lowest BCUT2D eigenvalue weighted by Crippen LogP contribution is -2.47. The summed E-state index contributed by atoms with van der Waals surface area (Å²) in [4.78, 5) is 16.9. The molecule has 0 atom stereocenters. The lowest BCUT2D eigenvalue weighted by atomic mass is 10.0. The largest absolute Gasteiger partial charge is 0.336 e. The van der Waals surface area contributed by atoms with Crippen LogP contribution < -0.4 is 0 Å². The molecule has 23 heavy (non-hydrogen) atoms. The minimum absolute atomic E-state index is 0.101. The lowest BCUT2D eigenvalue weighted by molar-refractivity contribution is 0.0663. The van der Waals surface area contributed by atoms with E-state index in [9.17, 15) is 13.2 Å². The fraction of sp³-hybridized carbons (Fsp3) is 0.562. The Bertz CT molecular complexity index is 706. The number of sulfonamides is 1. The summed E-state index contributed by atoms with van der Waals surface area (Å²) >= 11 is 0. The molecule has 0 saturated carbocycles. The van der Waals surface area contributed by atoms with Gasteiger partial charge in [0, 0.05) is 45.8 Å². The molecule has 1 fully saturated rings. The Morgan fingerprint density at radius 2 is 1.65 bits per heavy atom. The van der Waals surface area contributed by atoms with Gasteiger partial charge in [-0.1, -0.05) is 0 Å². The van der Waals surface area contributed by atoms with Crippen LogP contribution in [-0.2, 0) is 10.0 Å². The molecule has 0 N–H and O–H groups in total. The number of nitrogens with zero attached hydrogens (tertiary/aromatic N) is 3. The van der Waals surface area contributed by atoms with Crippen molar-refractivity contribution in [3.8, 4) is 0 Å². The molecule has 0 radical (unpaired) electrons. The number of benzene rings is 1. The number of aryl methyl sites for hydroxylation is 1. The maximum Gasteiger partial charge on any atom is 0.253 e. The number of amides is 1. The molecule has 128 valence electrons. The SMILES string of the molecule is Cc1cc(C(=O)N2CCN(C)CC2)cc(S(=O)(=O)N(C)C)c1C. The zero-order valence-corrected chi connectivity index (χ0v) is 15.3. The Kier molecular flexibility index (Phi) is 5.13. The van der Waals surface area contributed by atoms with Crippen molar-refractivity contribution in [3.05, 3.63) is 28.8 Å². The number of likely N-dealkylation sites (N-methyl/N-ethyl adjacent to an activating group) is 1. The Labute approximate surface area is 138 Å². The van der Waals surface area contributed by atoms with Crippen LogP contribution in [0, 0.1) is 13.8 Å². The highest BCUT2D eigenvalue weighted by atomic mass is 32.2. The van der Waals surface area contributed by atoms with Gasteiger partial charge in [0.25, 0.3) is 5.91 Å². The van der Waals surface area contributed by atoms with E-state index in [0.717, 1.165) is 18.7 Å². The van der Waals surface area contributed by atoms with Gasteiger partial charge in [0.15, 0.2) is 0 Å². The van der Waals surface area contributed by atoms with Gasteiger partial charge in [-0.3, -0.25) is 4.79 Å². The summed E-state index contributed by atoms with van der Waals surface area (Å²) in [5, 5.41) is 0. The minimum atomic E-state index is -3.57. The number of carbonyl (C=O) groups excluding carboxylic acids is 1. The van der Waals surface area contributed by atoms with Gasteiger partial charge in [-0.05, 0) is 44.2 Å². The molecular formula is C16H25N3O3S. The third kappa shape index (κ3) is 3.57. The van der Waals surface area contributed by atoms with E-state index >= 15 is 0 Å². The molecule has 1 aromatic carbocycles. The maximum atomic E-state index is 12.7. The molecule has 0 bridgehead atoms. The number of piperazine rings is 1. The smallest absolute Gasteiger partial charge is 0.253 e. The number of carbonyl (C=O) groups is 1. The highest BCUT2D eigenvalue weighted by Crippen LogP contribution is 2.24. The third-order valence-corrected chi connectivity index (χ3v) is 6.36. The molecule has 7 heteroatoms. The van der Waals surface area contributed by atoms with Crippen LogP contribution in [0.5, 0.6) is 0 Å². The second-order valence-corrected chi connectivity index (χ2v) is 8.42. The summed E-state index contributed by atoms with van der Waals surface area (Å²) in [6.45, 7) is 6.61. The van der Waals surface area contributed by atoms with Crippen molar-refractivity contribution in [2.45, 2.75) is 18.7 Å². The zero-order valence-electron chi connectivity index (χ0n) is 14.5. The van der Waals surface area contributed by atoms with E-state index in [4.69, 9.17) is 0 Å². The van der Waals surface area contributed by atoms with Gasteiger partial charge in [-0.15, -0.1) is 0 Å². The predicted octanol–water partition coefficient (Wildman–Crippen LogP) is 0.941. The van der Waals surface area contributed by atoms with Crippen LogP contribution in [0.3, 0.4) is 0 Å². The fourth-order valence-corrected chi connectivity index (χ4v) is 3.82. The molecule has 1 saturated heterocycles. The Morgan fingerprint density at radius 3 is 2.17 bits per heavy atom. The first-order valence-corrected chi connectivity index (χ1v) is 9.10. The highest BCUT2D eigenvalue weighted by molar-refractivity contribution is 7.89. The lowest BCUT2D eigenvalue weighted by Gasteiger charge is -2.32. The molecule has 0 aromatic heterocycles. The van der Waals surface area contributed by atoms with E-state index < -0.39 is 10.0 Å². The predicted molar refractivity (Wildman–Crippen MR) is 90.2 cm³/mol. The van der Waals surface area contributed by atoms with Crippen LogP contribution in [0.15, 0.2) is 17.0 Å². The molecule has 1 aliphatic heterocycles. The molecule has 1 aliphatic rings. The zero-order chi connectivity index (χ0) is 17.4. The van der Waals surface area contributed by atoms with E-state index in [1.165, 1.54) is 24.5 Å². The topological polar surface area (TPSA) is 60.9 Å². The monoisotopic (exact) mass is 339 g/mol. The standard InChI is InChI=1S/C16H25N3O3S/c1-12-10-14(16(20)19-8-6-18(5)7-9-19)11-15(13(12)2)23(21,22)17(3)4/h10-11H,6-9H2,1-5H3. The van der Waals surface area contributed by atoms with Crippen LogP contribution in [0.25, 0.3) is 0 Å². The van der Waals surface area contributed by atoms with Crippen LogP contribution in [0.4, 0.5) is 0 Å². The van der Waals surface area contributed by atoms with E-state index in [1.807, 2.05) is 14.0 Å². The summed E-state index contributed by atoms with van der Waals surface area (Å²) in [6.07, 6.45) is 0. The van der Waals surface area contributed by atoms with Gasteiger partial charge in [0.1, 0.15) is 0 Å². The first-order chi connectivity index (χ1) is 10.6. The van der Waals surface area contributed by atoms with E-state index in [0.29, 0.717) is 24.2 Å². The first kappa shape index (κ1) is 17.9. The fourth-order valence-electron chi connectivity index (χ4n) is 2.61. The quantitative estimate of drug-likeness (QED) is 0.822. The molecular weight excluding hydrogens is 314 g/mol. The van der Waals surface area contributed by atoms with Crippen molar-refractivity contribution in [3.63, 3.8) is 0 Å². The normalized spacial score (nSPS) is 16.9. The van der Waals surface area contributed by atoms with Gasteiger partial charge in [-0.2, -0.15) is 0 Å². The minimum Gasteiger partial charge on any atom is -0.336 e. The average molecular weight is 339 g/mol. The van der Waals surface area contributed by atoms with E-state index in [2.05, 4.69) is 4.90 Å². The second-order valence-electron chi connectivity index (χ2n) is 6.30. The molecule has 6 nitrogen and oxygen atoms in total. The van der Waals surface area contributed by atoms with Crippen molar-refractivity contribution in [2.24, 2.45) is 0 Å². The van der Waals surface area contributed by atoms with Crippen molar-refractivity contribution in [1.82, 2.24) is 14.1 Å². The van der Waals surface area contributed by atoms with Crippen molar-refractivity contribution >= 4 is 15.9 Å². The van der Waals surface area contributed by atoms with Gasteiger partial charge in [-0.25, -0.2) is 12.7 Å². The average Bonchev–Trinajstić information content (AvgIpc) is 2.49. The van der Waals surface area contributed by atoms with Crippen molar-refractivity contribution in [2.75, 3.05) is 47.3 Å². The Morgan fingerprint density at radius 1 is 1.09 bits per heavy atom.